The predicted octanol–water partition coefficient (Wildman–Crippen LogP) is 2.77. The SMILES string of the molecule is Cc1cc(C)n(-c2ccc(CNC(=O)c3cccc(N4NC(=O)C5CC=CCC5C4=O)c3)cn2)n1. The molecule has 178 valence electrons. The minimum atomic E-state index is -0.379. The molecule has 3 aromatic rings. The van der Waals surface area contributed by atoms with Crippen LogP contribution in [0.3, 0.4) is 0 Å². The lowest BCUT2D eigenvalue weighted by molar-refractivity contribution is -0.139. The maximum atomic E-state index is 13.0. The summed E-state index contributed by atoms with van der Waals surface area (Å²) in [6, 6.07) is 12.4. The maximum Gasteiger partial charge on any atom is 0.251 e. The number of amides is 3. The van der Waals surface area contributed by atoms with Crippen molar-refractivity contribution in [1.29, 1.82) is 0 Å². The van der Waals surface area contributed by atoms with Gasteiger partial charge in [0.15, 0.2) is 5.82 Å². The summed E-state index contributed by atoms with van der Waals surface area (Å²) in [4.78, 5) is 42.8. The van der Waals surface area contributed by atoms with Crippen molar-refractivity contribution >= 4 is 23.4 Å². The summed E-state index contributed by atoms with van der Waals surface area (Å²) in [7, 11) is 0. The van der Waals surface area contributed by atoms with E-state index in [0.717, 1.165) is 17.0 Å². The van der Waals surface area contributed by atoms with Crippen molar-refractivity contribution in [3.63, 3.8) is 0 Å². The van der Waals surface area contributed by atoms with Crippen molar-refractivity contribution in [3.05, 3.63) is 83.3 Å². The number of aryl methyl sites for hydroxylation is 2. The lowest BCUT2D eigenvalue weighted by atomic mass is 9.80. The van der Waals surface area contributed by atoms with Crippen LogP contribution >= 0.6 is 0 Å². The standard InChI is InChI=1S/C26H26N6O3/c1-16-12-17(2)31(29-16)23-11-10-18(14-27-23)15-28-24(33)19-6-5-7-20(13-19)32-26(35)22-9-4-3-8-21(22)25(34)30-32/h3-7,10-14,21-22H,8-9,15H2,1-2H3,(H,28,33)(H,30,34). The molecule has 35 heavy (non-hydrogen) atoms. The van der Waals surface area contributed by atoms with Gasteiger partial charge < -0.3 is 5.32 Å². The van der Waals surface area contributed by atoms with E-state index in [9.17, 15) is 14.4 Å². The van der Waals surface area contributed by atoms with E-state index in [1.54, 1.807) is 35.1 Å². The summed E-state index contributed by atoms with van der Waals surface area (Å²) in [5.41, 5.74) is 6.30. The Kier molecular flexibility index (Phi) is 5.90. The van der Waals surface area contributed by atoms with E-state index in [1.165, 1.54) is 5.01 Å². The highest BCUT2D eigenvalue weighted by Crippen LogP contribution is 2.32. The van der Waals surface area contributed by atoms with Crippen LogP contribution in [0.1, 0.15) is 40.2 Å². The van der Waals surface area contributed by atoms with Gasteiger partial charge in [0, 0.05) is 24.0 Å². The number of nitrogens with one attached hydrogen (secondary N) is 2. The number of rotatable bonds is 5. The zero-order valence-electron chi connectivity index (χ0n) is 19.6. The number of hydrogen-bond acceptors (Lipinski definition) is 5. The highest BCUT2D eigenvalue weighted by Gasteiger charge is 2.42. The normalized spacial score (nSPS) is 19.3. The van der Waals surface area contributed by atoms with Crippen LogP contribution in [-0.4, -0.2) is 32.5 Å². The van der Waals surface area contributed by atoms with Crippen molar-refractivity contribution in [2.45, 2.75) is 33.2 Å². The fourth-order valence-electron chi connectivity index (χ4n) is 4.56. The van der Waals surface area contributed by atoms with Gasteiger partial charge in [-0.05, 0) is 62.6 Å². The molecule has 1 saturated heterocycles. The van der Waals surface area contributed by atoms with E-state index in [1.807, 2.05) is 44.2 Å². The first-order chi connectivity index (χ1) is 16.9. The first-order valence-electron chi connectivity index (χ1n) is 11.6. The largest absolute Gasteiger partial charge is 0.348 e. The van der Waals surface area contributed by atoms with E-state index < -0.39 is 0 Å². The third-order valence-corrected chi connectivity index (χ3v) is 6.38. The molecule has 1 fully saturated rings. The van der Waals surface area contributed by atoms with Gasteiger partial charge in [-0.25, -0.2) is 14.7 Å². The molecule has 3 amide bonds. The summed E-state index contributed by atoms with van der Waals surface area (Å²) in [6.45, 7) is 4.20. The quantitative estimate of drug-likeness (QED) is 0.558. The Balaban J connectivity index is 1.25. The van der Waals surface area contributed by atoms with Gasteiger partial charge in [0.1, 0.15) is 0 Å². The number of benzene rings is 1. The number of carbonyl (C=O) groups excluding carboxylic acids is 3. The molecule has 5 rings (SSSR count). The second kappa shape index (κ2) is 9.17. The number of pyridine rings is 1. The van der Waals surface area contributed by atoms with Gasteiger partial charge in [0.05, 0.1) is 23.2 Å². The van der Waals surface area contributed by atoms with Gasteiger partial charge >= 0.3 is 0 Å². The first kappa shape index (κ1) is 22.5. The number of nitrogens with zero attached hydrogens (tertiary/aromatic N) is 4. The van der Waals surface area contributed by atoms with Crippen molar-refractivity contribution in [2.75, 3.05) is 5.01 Å². The van der Waals surface area contributed by atoms with Crippen molar-refractivity contribution < 1.29 is 14.4 Å². The topological polar surface area (TPSA) is 109 Å². The molecule has 9 nitrogen and oxygen atoms in total. The molecule has 2 atom stereocenters. The molecule has 0 spiro atoms. The Morgan fingerprint density at radius 3 is 2.60 bits per heavy atom. The molecule has 1 aromatic carbocycles. The highest BCUT2D eigenvalue weighted by atomic mass is 16.2. The maximum absolute atomic E-state index is 13.0. The van der Waals surface area contributed by atoms with E-state index in [2.05, 4.69) is 20.8 Å². The Morgan fingerprint density at radius 2 is 1.89 bits per heavy atom. The molecule has 1 aliphatic carbocycles. The average Bonchev–Trinajstić information content (AvgIpc) is 3.22. The average molecular weight is 471 g/mol. The van der Waals surface area contributed by atoms with Gasteiger partial charge in [-0.1, -0.05) is 24.3 Å². The van der Waals surface area contributed by atoms with E-state index in [0.29, 0.717) is 36.5 Å². The van der Waals surface area contributed by atoms with Crippen LogP contribution in [0, 0.1) is 25.7 Å². The van der Waals surface area contributed by atoms with Crippen LogP contribution in [0.15, 0.2) is 60.8 Å². The van der Waals surface area contributed by atoms with Crippen molar-refractivity contribution in [2.24, 2.45) is 11.8 Å². The van der Waals surface area contributed by atoms with Crippen molar-refractivity contribution in [1.82, 2.24) is 25.5 Å². The van der Waals surface area contributed by atoms with Gasteiger partial charge in [-0.15, -0.1) is 0 Å². The molecule has 9 heteroatoms. The zero-order chi connectivity index (χ0) is 24.5. The van der Waals surface area contributed by atoms with Crippen LogP contribution in [-0.2, 0) is 16.1 Å². The van der Waals surface area contributed by atoms with E-state index >= 15 is 0 Å². The highest BCUT2D eigenvalue weighted by molar-refractivity contribution is 6.05. The van der Waals surface area contributed by atoms with Crippen LogP contribution < -0.4 is 15.8 Å². The Labute approximate surface area is 202 Å². The minimum Gasteiger partial charge on any atom is -0.348 e. The van der Waals surface area contributed by atoms with Gasteiger partial charge in [0.25, 0.3) is 5.91 Å². The molecule has 3 heterocycles. The first-order valence-corrected chi connectivity index (χ1v) is 11.6. The molecule has 0 bridgehead atoms. The summed E-state index contributed by atoms with van der Waals surface area (Å²) in [5.74, 6) is -0.630. The Morgan fingerprint density at radius 1 is 1.09 bits per heavy atom. The summed E-state index contributed by atoms with van der Waals surface area (Å²) in [6.07, 6.45) is 6.70. The molecular formula is C26H26N6O3. The number of aromatic nitrogens is 3. The van der Waals surface area contributed by atoms with Gasteiger partial charge in [-0.2, -0.15) is 5.10 Å². The zero-order valence-corrected chi connectivity index (χ0v) is 19.6. The number of hydrogen-bond donors (Lipinski definition) is 2. The molecule has 2 N–H and O–H groups in total. The third-order valence-electron chi connectivity index (χ3n) is 6.38. The lowest BCUT2D eigenvalue weighted by Gasteiger charge is -2.38. The summed E-state index contributed by atoms with van der Waals surface area (Å²) >= 11 is 0. The third kappa shape index (κ3) is 4.44. The van der Waals surface area contributed by atoms with Crippen LogP contribution in [0.2, 0.25) is 0 Å². The monoisotopic (exact) mass is 470 g/mol. The van der Waals surface area contributed by atoms with E-state index in [4.69, 9.17) is 0 Å². The van der Waals surface area contributed by atoms with Gasteiger partial charge in [0.2, 0.25) is 11.8 Å². The lowest BCUT2D eigenvalue weighted by Crippen LogP contribution is -2.59. The molecule has 2 unspecified atom stereocenters. The fourth-order valence-corrected chi connectivity index (χ4v) is 4.56. The molecule has 2 aromatic heterocycles. The van der Waals surface area contributed by atoms with E-state index in [-0.39, 0.29) is 29.6 Å². The van der Waals surface area contributed by atoms with Crippen molar-refractivity contribution in [3.8, 4) is 5.82 Å². The summed E-state index contributed by atoms with van der Waals surface area (Å²) in [5, 5.41) is 8.58. The van der Waals surface area contributed by atoms with Crippen LogP contribution in [0.5, 0.6) is 0 Å². The number of carbonyl (C=O) groups is 3. The molecule has 0 radical (unpaired) electrons. The van der Waals surface area contributed by atoms with Crippen LogP contribution in [0.4, 0.5) is 5.69 Å². The second-order valence-electron chi connectivity index (χ2n) is 8.90. The summed E-state index contributed by atoms with van der Waals surface area (Å²) < 4.78 is 1.77. The Bertz CT molecular complexity index is 1330. The minimum absolute atomic E-state index is 0.162. The second-order valence-corrected chi connectivity index (χ2v) is 8.90. The Hall–Kier alpha value is -4.27. The number of anilines is 1. The fraction of sp³-hybridized carbons (Fsp3) is 0.269. The smallest absolute Gasteiger partial charge is 0.251 e. The predicted molar refractivity (Wildman–Crippen MR) is 129 cm³/mol. The van der Waals surface area contributed by atoms with Gasteiger partial charge in [-0.3, -0.25) is 19.8 Å². The number of fused-ring (bicyclic) bond motifs is 1. The molecule has 2 aliphatic rings. The molecular weight excluding hydrogens is 444 g/mol. The van der Waals surface area contributed by atoms with Crippen LogP contribution in [0.25, 0.3) is 5.82 Å². The molecule has 1 aliphatic heterocycles. The number of allylic oxidation sites excluding steroid dienone is 2. The molecule has 0 saturated carbocycles. The number of hydrazine groups is 1.